The van der Waals surface area contributed by atoms with Gasteiger partial charge in [0, 0.05) is 25.2 Å². The average molecular weight is 284 g/mol. The van der Waals surface area contributed by atoms with Crippen LogP contribution in [0.15, 0.2) is 24.3 Å². The van der Waals surface area contributed by atoms with Crippen LogP contribution in [-0.4, -0.2) is 32.9 Å². The highest BCUT2D eigenvalue weighted by Crippen LogP contribution is 2.18. The van der Waals surface area contributed by atoms with E-state index in [0.29, 0.717) is 18.8 Å². The molecule has 2 rings (SSSR count). The third-order valence-corrected chi connectivity index (χ3v) is 4.85. The van der Waals surface area contributed by atoms with Crippen LogP contribution >= 0.6 is 0 Å². The highest BCUT2D eigenvalue weighted by molar-refractivity contribution is 7.87. The van der Waals surface area contributed by atoms with Crippen molar-refractivity contribution in [2.75, 3.05) is 20.2 Å². The molecule has 0 aliphatic carbocycles. The maximum Gasteiger partial charge on any atom is 0.279 e. The Hall–Kier alpha value is -1.11. The van der Waals surface area contributed by atoms with Crippen LogP contribution in [0.3, 0.4) is 0 Å². The molecule has 0 radical (unpaired) electrons. The second-order valence-corrected chi connectivity index (χ2v) is 6.35. The first-order valence-corrected chi connectivity index (χ1v) is 7.94. The molecule has 1 N–H and O–H groups in total. The van der Waals surface area contributed by atoms with E-state index in [4.69, 9.17) is 4.74 Å². The van der Waals surface area contributed by atoms with E-state index < -0.39 is 10.2 Å². The van der Waals surface area contributed by atoms with Gasteiger partial charge < -0.3 is 4.74 Å². The number of nitrogens with zero attached hydrogens (tertiary/aromatic N) is 1. The Kier molecular flexibility index (Phi) is 4.79. The summed E-state index contributed by atoms with van der Waals surface area (Å²) in [5.41, 5.74) is 0.839. The van der Waals surface area contributed by atoms with Crippen LogP contribution in [0.5, 0.6) is 5.75 Å². The van der Waals surface area contributed by atoms with Gasteiger partial charge in [0.25, 0.3) is 10.2 Å². The number of piperidine rings is 1. The van der Waals surface area contributed by atoms with Crippen molar-refractivity contribution >= 4 is 10.2 Å². The fraction of sp³-hybridized carbons (Fsp3) is 0.538. The Bertz CT molecular complexity index is 510. The van der Waals surface area contributed by atoms with E-state index >= 15 is 0 Å². The third-order valence-electron chi connectivity index (χ3n) is 3.29. The zero-order valence-corrected chi connectivity index (χ0v) is 11.9. The number of rotatable bonds is 5. The number of para-hydroxylation sites is 1. The summed E-state index contributed by atoms with van der Waals surface area (Å²) in [5.74, 6) is 0.698. The zero-order valence-electron chi connectivity index (χ0n) is 11.1. The van der Waals surface area contributed by atoms with Crippen LogP contribution in [0.4, 0.5) is 0 Å². The molecule has 1 aliphatic rings. The van der Waals surface area contributed by atoms with Crippen LogP contribution in [0.1, 0.15) is 24.8 Å². The quantitative estimate of drug-likeness (QED) is 0.891. The van der Waals surface area contributed by atoms with Crippen LogP contribution < -0.4 is 9.46 Å². The minimum atomic E-state index is -3.38. The third kappa shape index (κ3) is 3.68. The van der Waals surface area contributed by atoms with Crippen LogP contribution in [0.2, 0.25) is 0 Å². The van der Waals surface area contributed by atoms with Crippen LogP contribution in [0, 0.1) is 0 Å². The molecule has 1 fully saturated rings. The van der Waals surface area contributed by atoms with Crippen molar-refractivity contribution in [3.63, 3.8) is 0 Å². The van der Waals surface area contributed by atoms with Crippen molar-refractivity contribution in [2.45, 2.75) is 25.8 Å². The number of nitrogens with one attached hydrogen (secondary N) is 1. The van der Waals surface area contributed by atoms with E-state index in [2.05, 4.69) is 4.72 Å². The molecular weight excluding hydrogens is 264 g/mol. The average Bonchev–Trinajstić information content (AvgIpc) is 2.46. The Morgan fingerprint density at radius 1 is 1.21 bits per heavy atom. The Labute approximate surface area is 114 Å². The van der Waals surface area contributed by atoms with E-state index in [0.717, 1.165) is 24.8 Å². The van der Waals surface area contributed by atoms with Crippen molar-refractivity contribution < 1.29 is 13.2 Å². The molecule has 0 aromatic heterocycles. The normalized spacial score (nSPS) is 17.3. The van der Waals surface area contributed by atoms with Gasteiger partial charge >= 0.3 is 0 Å². The molecular formula is C13H20N2O3S. The van der Waals surface area contributed by atoms with Crippen molar-refractivity contribution in [1.29, 1.82) is 0 Å². The summed E-state index contributed by atoms with van der Waals surface area (Å²) >= 11 is 0. The zero-order chi connectivity index (χ0) is 13.7. The summed E-state index contributed by atoms with van der Waals surface area (Å²) < 4.78 is 33.6. The first kappa shape index (κ1) is 14.3. The van der Waals surface area contributed by atoms with Crippen molar-refractivity contribution in [3.05, 3.63) is 29.8 Å². The molecule has 0 spiro atoms. The van der Waals surface area contributed by atoms with Gasteiger partial charge in [0.05, 0.1) is 7.11 Å². The van der Waals surface area contributed by atoms with Crippen molar-refractivity contribution in [1.82, 2.24) is 9.03 Å². The Morgan fingerprint density at radius 3 is 2.58 bits per heavy atom. The minimum absolute atomic E-state index is 0.253. The maximum absolute atomic E-state index is 12.1. The molecule has 1 aliphatic heterocycles. The lowest BCUT2D eigenvalue weighted by molar-refractivity contribution is 0.341. The van der Waals surface area contributed by atoms with Gasteiger partial charge in [-0.3, -0.25) is 0 Å². The number of benzene rings is 1. The van der Waals surface area contributed by atoms with Gasteiger partial charge in [-0.05, 0) is 18.9 Å². The van der Waals surface area contributed by atoms with E-state index in [1.54, 1.807) is 7.11 Å². The lowest BCUT2D eigenvalue weighted by Gasteiger charge is -2.26. The molecule has 1 aromatic carbocycles. The highest BCUT2D eigenvalue weighted by atomic mass is 32.2. The van der Waals surface area contributed by atoms with Gasteiger partial charge in [-0.15, -0.1) is 0 Å². The van der Waals surface area contributed by atoms with Gasteiger partial charge in [0.2, 0.25) is 0 Å². The molecule has 0 saturated carbocycles. The smallest absolute Gasteiger partial charge is 0.279 e. The first-order chi connectivity index (χ1) is 9.13. The molecule has 6 heteroatoms. The second-order valence-electron chi connectivity index (χ2n) is 4.60. The fourth-order valence-electron chi connectivity index (χ4n) is 2.21. The van der Waals surface area contributed by atoms with E-state index in [1.807, 2.05) is 24.3 Å². The minimum Gasteiger partial charge on any atom is -0.496 e. The molecule has 1 saturated heterocycles. The Balaban J connectivity index is 2.00. The molecule has 0 atom stereocenters. The monoisotopic (exact) mass is 284 g/mol. The molecule has 1 aromatic rings. The summed E-state index contributed by atoms with van der Waals surface area (Å²) in [6.45, 7) is 1.48. The first-order valence-electron chi connectivity index (χ1n) is 6.50. The number of hydrogen-bond donors (Lipinski definition) is 1. The lowest BCUT2D eigenvalue weighted by Crippen LogP contribution is -2.43. The van der Waals surface area contributed by atoms with Gasteiger partial charge in [0.1, 0.15) is 5.75 Å². The molecule has 106 valence electrons. The lowest BCUT2D eigenvalue weighted by atomic mass is 10.2. The summed E-state index contributed by atoms with van der Waals surface area (Å²) in [7, 11) is -1.80. The fourth-order valence-corrected chi connectivity index (χ4v) is 3.47. The molecule has 0 amide bonds. The topological polar surface area (TPSA) is 58.6 Å². The summed E-state index contributed by atoms with van der Waals surface area (Å²) in [6.07, 6.45) is 2.99. The number of hydrogen-bond acceptors (Lipinski definition) is 3. The van der Waals surface area contributed by atoms with Gasteiger partial charge in [0.15, 0.2) is 0 Å². The number of ether oxygens (including phenoxy) is 1. The van der Waals surface area contributed by atoms with Gasteiger partial charge in [-0.25, -0.2) is 0 Å². The van der Waals surface area contributed by atoms with Gasteiger partial charge in [-0.1, -0.05) is 24.6 Å². The predicted octanol–water partition coefficient (Wildman–Crippen LogP) is 1.52. The van der Waals surface area contributed by atoms with E-state index in [1.165, 1.54) is 4.31 Å². The van der Waals surface area contributed by atoms with E-state index in [-0.39, 0.29) is 6.54 Å². The second kappa shape index (κ2) is 6.36. The van der Waals surface area contributed by atoms with Crippen molar-refractivity contribution in [3.8, 4) is 5.75 Å². The standard InChI is InChI=1S/C13H20N2O3S/c1-18-13-8-4-3-7-12(13)11-14-19(16,17)15-9-5-2-6-10-15/h3-4,7-8,14H,2,5-6,9-11H2,1H3. The predicted molar refractivity (Wildman–Crippen MR) is 74.2 cm³/mol. The summed E-state index contributed by atoms with van der Waals surface area (Å²) in [4.78, 5) is 0. The molecule has 0 bridgehead atoms. The van der Waals surface area contributed by atoms with E-state index in [9.17, 15) is 8.42 Å². The SMILES string of the molecule is COc1ccccc1CNS(=O)(=O)N1CCCCC1. The van der Waals surface area contributed by atoms with Gasteiger partial charge in [-0.2, -0.15) is 17.4 Å². The maximum atomic E-state index is 12.1. The highest BCUT2D eigenvalue weighted by Gasteiger charge is 2.23. The summed E-state index contributed by atoms with van der Waals surface area (Å²) in [6, 6.07) is 7.41. The summed E-state index contributed by atoms with van der Waals surface area (Å²) in [5, 5.41) is 0. The van der Waals surface area contributed by atoms with Crippen molar-refractivity contribution in [2.24, 2.45) is 0 Å². The molecule has 0 unspecified atom stereocenters. The Morgan fingerprint density at radius 2 is 1.89 bits per heavy atom. The van der Waals surface area contributed by atoms with Crippen LogP contribution in [0.25, 0.3) is 0 Å². The molecule has 5 nitrogen and oxygen atoms in total. The largest absolute Gasteiger partial charge is 0.496 e. The molecule has 1 heterocycles. The number of methoxy groups -OCH3 is 1. The molecule has 19 heavy (non-hydrogen) atoms. The van der Waals surface area contributed by atoms with Crippen LogP contribution in [-0.2, 0) is 16.8 Å².